The van der Waals surface area contributed by atoms with Gasteiger partial charge in [-0.2, -0.15) is 5.10 Å². The second kappa shape index (κ2) is 4.60. The van der Waals surface area contributed by atoms with Crippen molar-refractivity contribution in [2.75, 3.05) is 0 Å². The number of hydrogen-bond donors (Lipinski definition) is 0. The molecule has 0 saturated heterocycles. The highest BCUT2D eigenvalue weighted by Gasteiger charge is 2.12. The van der Waals surface area contributed by atoms with Gasteiger partial charge in [0.25, 0.3) is 0 Å². The van der Waals surface area contributed by atoms with Crippen molar-refractivity contribution >= 4 is 0 Å². The van der Waals surface area contributed by atoms with Gasteiger partial charge in [0.05, 0.1) is 18.4 Å². The summed E-state index contributed by atoms with van der Waals surface area (Å²) in [6.07, 6.45) is 4.74. The Balaban J connectivity index is 1.93. The average Bonchev–Trinajstić information content (AvgIpc) is 3.02. The minimum atomic E-state index is -0.657. The third kappa shape index (κ3) is 2.22. The van der Waals surface area contributed by atoms with E-state index in [0.717, 1.165) is 0 Å². The third-order valence-electron chi connectivity index (χ3n) is 2.61. The van der Waals surface area contributed by atoms with Crippen LogP contribution in [0.2, 0.25) is 0 Å². The summed E-state index contributed by atoms with van der Waals surface area (Å²) in [7, 11) is 0. The molecule has 5 nitrogen and oxygen atoms in total. The molecule has 2 aromatic heterocycles. The van der Waals surface area contributed by atoms with Crippen molar-refractivity contribution in [1.82, 2.24) is 24.8 Å². The Morgan fingerprint density at radius 3 is 2.53 bits per heavy atom. The molecule has 7 heteroatoms. The maximum atomic E-state index is 13.6. The van der Waals surface area contributed by atoms with Gasteiger partial charge >= 0.3 is 0 Å². The van der Waals surface area contributed by atoms with Crippen molar-refractivity contribution in [3.05, 3.63) is 60.2 Å². The molecular formula is C12H9F2N5. The molecular weight excluding hydrogens is 252 g/mol. The van der Waals surface area contributed by atoms with Gasteiger partial charge in [-0.1, -0.05) is 11.3 Å². The average molecular weight is 261 g/mol. The van der Waals surface area contributed by atoms with Gasteiger partial charge in [0.15, 0.2) is 11.6 Å². The van der Waals surface area contributed by atoms with E-state index in [9.17, 15) is 8.78 Å². The minimum absolute atomic E-state index is 0.188. The van der Waals surface area contributed by atoms with Gasteiger partial charge in [0, 0.05) is 12.4 Å². The molecule has 96 valence electrons. The first-order valence-corrected chi connectivity index (χ1v) is 5.57. The summed E-state index contributed by atoms with van der Waals surface area (Å²) >= 11 is 0. The lowest BCUT2D eigenvalue weighted by molar-refractivity contribution is 0.556. The smallest absolute Gasteiger partial charge is 0.151 e. The highest BCUT2D eigenvalue weighted by atomic mass is 19.1. The predicted molar refractivity (Wildman–Crippen MR) is 62.6 cm³/mol. The molecule has 0 aliphatic carbocycles. The molecule has 1 aromatic carbocycles. The van der Waals surface area contributed by atoms with E-state index in [1.54, 1.807) is 23.1 Å². The molecule has 0 amide bonds. The molecule has 0 atom stereocenters. The first kappa shape index (κ1) is 11.5. The van der Waals surface area contributed by atoms with Crippen molar-refractivity contribution in [2.24, 2.45) is 0 Å². The Bertz CT molecular complexity index is 670. The van der Waals surface area contributed by atoms with Crippen LogP contribution < -0.4 is 0 Å². The minimum Gasteiger partial charge on any atom is -0.246 e. The maximum Gasteiger partial charge on any atom is 0.151 e. The lowest BCUT2D eigenvalue weighted by Crippen LogP contribution is -2.05. The molecule has 0 N–H and O–H groups in total. The second-order valence-corrected chi connectivity index (χ2v) is 3.92. The van der Waals surface area contributed by atoms with Gasteiger partial charge in [-0.3, -0.25) is 0 Å². The Morgan fingerprint density at radius 2 is 1.84 bits per heavy atom. The summed E-state index contributed by atoms with van der Waals surface area (Å²) < 4.78 is 29.9. The third-order valence-corrected chi connectivity index (χ3v) is 2.61. The zero-order valence-electron chi connectivity index (χ0n) is 9.74. The van der Waals surface area contributed by atoms with Crippen molar-refractivity contribution in [3.8, 4) is 5.69 Å². The van der Waals surface area contributed by atoms with Gasteiger partial charge in [0.1, 0.15) is 5.69 Å². The summed E-state index contributed by atoms with van der Waals surface area (Å²) in [5.41, 5.74) is 0.445. The fourth-order valence-electron chi connectivity index (χ4n) is 1.76. The molecule has 2 heterocycles. The molecule has 0 saturated carbocycles. The van der Waals surface area contributed by atoms with E-state index >= 15 is 0 Å². The summed E-state index contributed by atoms with van der Waals surface area (Å²) in [5, 5.41) is 11.6. The Morgan fingerprint density at radius 1 is 1.05 bits per heavy atom. The Kier molecular flexibility index (Phi) is 2.79. The van der Waals surface area contributed by atoms with Gasteiger partial charge < -0.3 is 0 Å². The lowest BCUT2D eigenvalue weighted by atomic mass is 10.3. The molecule has 0 aliphatic heterocycles. The second-order valence-electron chi connectivity index (χ2n) is 3.92. The zero-order valence-corrected chi connectivity index (χ0v) is 9.74. The van der Waals surface area contributed by atoms with Crippen LogP contribution in [-0.4, -0.2) is 24.8 Å². The molecule has 3 rings (SSSR count). The van der Waals surface area contributed by atoms with Crippen LogP contribution in [0.15, 0.2) is 42.9 Å². The fraction of sp³-hybridized carbons (Fsp3) is 0.0833. The van der Waals surface area contributed by atoms with Gasteiger partial charge in [0.2, 0.25) is 0 Å². The van der Waals surface area contributed by atoms with Crippen LogP contribution in [0, 0.1) is 11.6 Å². The van der Waals surface area contributed by atoms with E-state index in [0.29, 0.717) is 12.2 Å². The predicted octanol–water partition coefficient (Wildman–Crippen LogP) is 1.79. The van der Waals surface area contributed by atoms with Crippen LogP contribution in [0.4, 0.5) is 8.78 Å². The topological polar surface area (TPSA) is 48.5 Å². The molecule has 0 spiro atoms. The van der Waals surface area contributed by atoms with Crippen LogP contribution >= 0.6 is 0 Å². The molecule has 0 radical (unpaired) electrons. The van der Waals surface area contributed by atoms with Crippen LogP contribution in [0.1, 0.15) is 5.69 Å². The number of halogens is 2. The SMILES string of the molecule is Fc1cccc(F)c1-n1ccc(Cn2ccnn2)n1. The molecule has 3 aromatic rings. The highest BCUT2D eigenvalue weighted by molar-refractivity contribution is 5.34. The van der Waals surface area contributed by atoms with Crippen LogP contribution in [0.25, 0.3) is 5.69 Å². The summed E-state index contributed by atoms with van der Waals surface area (Å²) in [4.78, 5) is 0. The molecule has 19 heavy (non-hydrogen) atoms. The van der Waals surface area contributed by atoms with E-state index in [1.165, 1.54) is 29.1 Å². The molecule has 0 bridgehead atoms. The van der Waals surface area contributed by atoms with Crippen molar-refractivity contribution in [3.63, 3.8) is 0 Å². The number of rotatable bonds is 3. The standard InChI is InChI=1S/C12H9F2N5/c13-10-2-1-3-11(14)12(10)19-6-4-9(16-19)8-18-7-5-15-17-18/h1-7H,8H2. The summed E-state index contributed by atoms with van der Waals surface area (Å²) in [5.74, 6) is -1.31. The Hall–Kier alpha value is -2.57. The number of aromatic nitrogens is 5. The van der Waals surface area contributed by atoms with Crippen molar-refractivity contribution < 1.29 is 8.78 Å². The quantitative estimate of drug-likeness (QED) is 0.722. The van der Waals surface area contributed by atoms with Crippen molar-refractivity contribution in [1.29, 1.82) is 0 Å². The summed E-state index contributed by atoms with van der Waals surface area (Å²) in [6, 6.07) is 5.37. The Labute approximate surface area is 107 Å². The number of benzene rings is 1. The summed E-state index contributed by atoms with van der Waals surface area (Å²) in [6.45, 7) is 0.392. The van der Waals surface area contributed by atoms with Crippen molar-refractivity contribution in [2.45, 2.75) is 6.54 Å². The zero-order chi connectivity index (χ0) is 13.2. The molecule has 0 aliphatic rings. The van der Waals surface area contributed by atoms with E-state index in [1.807, 2.05) is 0 Å². The largest absolute Gasteiger partial charge is 0.246 e. The molecule has 0 fully saturated rings. The number of para-hydroxylation sites is 1. The van der Waals surface area contributed by atoms with E-state index in [-0.39, 0.29) is 5.69 Å². The first-order chi connectivity index (χ1) is 9.24. The van der Waals surface area contributed by atoms with Gasteiger partial charge in [-0.15, -0.1) is 5.10 Å². The lowest BCUT2D eigenvalue weighted by Gasteiger charge is -2.04. The number of nitrogens with zero attached hydrogens (tertiary/aromatic N) is 5. The fourth-order valence-corrected chi connectivity index (χ4v) is 1.76. The van der Waals surface area contributed by atoms with Gasteiger partial charge in [-0.05, 0) is 18.2 Å². The number of hydrogen-bond acceptors (Lipinski definition) is 3. The normalized spacial score (nSPS) is 10.8. The van der Waals surface area contributed by atoms with E-state index < -0.39 is 11.6 Å². The molecule has 0 unspecified atom stereocenters. The van der Waals surface area contributed by atoms with Crippen LogP contribution in [-0.2, 0) is 6.54 Å². The first-order valence-electron chi connectivity index (χ1n) is 5.57. The van der Waals surface area contributed by atoms with Gasteiger partial charge in [-0.25, -0.2) is 18.1 Å². The highest BCUT2D eigenvalue weighted by Crippen LogP contribution is 2.16. The van der Waals surface area contributed by atoms with Crippen LogP contribution in [0.5, 0.6) is 0 Å². The van der Waals surface area contributed by atoms with E-state index in [4.69, 9.17) is 0 Å². The maximum absolute atomic E-state index is 13.6. The van der Waals surface area contributed by atoms with E-state index in [2.05, 4.69) is 15.4 Å². The monoisotopic (exact) mass is 261 g/mol. The van der Waals surface area contributed by atoms with Crippen LogP contribution in [0.3, 0.4) is 0 Å².